The maximum atomic E-state index is 12.3. The van der Waals surface area contributed by atoms with Crippen LogP contribution in [0.4, 0.5) is 16.5 Å². The summed E-state index contributed by atoms with van der Waals surface area (Å²) in [5.41, 5.74) is 2.41. The fourth-order valence-corrected chi connectivity index (χ4v) is 5.33. The monoisotopic (exact) mass is 469 g/mol. The molecule has 0 fully saturated rings. The average Bonchev–Trinajstić information content (AvgIpc) is 3.41. The van der Waals surface area contributed by atoms with Gasteiger partial charge in [-0.2, -0.15) is 0 Å². The first-order valence-corrected chi connectivity index (χ1v) is 11.6. The second-order valence-electron chi connectivity index (χ2n) is 6.33. The number of nitro benzene ring substituents is 1. The van der Waals surface area contributed by atoms with Crippen LogP contribution >= 0.6 is 34.4 Å². The molecule has 1 unspecified atom stereocenters. The molecule has 4 aromatic rings. The van der Waals surface area contributed by atoms with Crippen LogP contribution in [0.2, 0.25) is 0 Å². The molecule has 8 nitrogen and oxygen atoms in total. The third kappa shape index (κ3) is 5.32. The molecule has 2 aromatic heterocycles. The number of hydrogen-bond donors (Lipinski definition) is 1. The number of thiazole rings is 2. The van der Waals surface area contributed by atoms with Crippen molar-refractivity contribution >= 4 is 73.3 Å². The summed E-state index contributed by atoms with van der Waals surface area (Å²) >= 11 is 4.28. The quantitative estimate of drug-likeness (QED) is 0.165. The standard InChI is InChI=1S/C20H15N5O3S3/c1-12(18(26)24-19-21-8-9-29-19)30-20-23-16-7-4-14(10-17(16)31-20)22-11-13-2-5-15(6-3-13)25(27)28/h2-12H,1H3,(H,21,24,26). The van der Waals surface area contributed by atoms with Crippen LogP contribution in [0, 0.1) is 10.1 Å². The van der Waals surface area contributed by atoms with Gasteiger partial charge in [0.2, 0.25) is 5.91 Å². The van der Waals surface area contributed by atoms with Gasteiger partial charge in [0.25, 0.3) is 5.69 Å². The number of non-ortho nitro benzene ring substituents is 1. The summed E-state index contributed by atoms with van der Waals surface area (Å²) < 4.78 is 1.77. The molecule has 0 saturated heterocycles. The molecular weight excluding hydrogens is 454 g/mol. The fourth-order valence-electron chi connectivity index (χ4n) is 2.55. The van der Waals surface area contributed by atoms with E-state index in [9.17, 15) is 14.9 Å². The first-order chi connectivity index (χ1) is 15.0. The van der Waals surface area contributed by atoms with Gasteiger partial charge in [0.15, 0.2) is 9.47 Å². The molecule has 31 heavy (non-hydrogen) atoms. The first kappa shape index (κ1) is 21.1. The number of amides is 1. The molecule has 1 amide bonds. The van der Waals surface area contributed by atoms with Gasteiger partial charge in [-0.3, -0.25) is 19.9 Å². The van der Waals surface area contributed by atoms with E-state index in [4.69, 9.17) is 0 Å². The molecule has 0 aliphatic rings. The van der Waals surface area contributed by atoms with E-state index in [-0.39, 0.29) is 16.8 Å². The summed E-state index contributed by atoms with van der Waals surface area (Å²) in [6.07, 6.45) is 3.31. The molecule has 11 heteroatoms. The van der Waals surface area contributed by atoms with Crippen LogP contribution < -0.4 is 5.32 Å². The Morgan fingerprint density at radius 3 is 2.81 bits per heavy atom. The number of fused-ring (bicyclic) bond motifs is 1. The van der Waals surface area contributed by atoms with Crippen molar-refractivity contribution in [1.29, 1.82) is 0 Å². The molecule has 0 aliphatic heterocycles. The minimum absolute atomic E-state index is 0.0443. The van der Waals surface area contributed by atoms with E-state index in [1.807, 2.05) is 30.5 Å². The Balaban J connectivity index is 1.44. The van der Waals surface area contributed by atoms with Crippen LogP contribution in [0.1, 0.15) is 12.5 Å². The van der Waals surface area contributed by atoms with E-state index in [0.29, 0.717) is 5.13 Å². The number of rotatable bonds is 7. The van der Waals surface area contributed by atoms with Gasteiger partial charge in [0.05, 0.1) is 26.1 Å². The number of nitrogens with zero attached hydrogens (tertiary/aromatic N) is 4. The number of aromatic nitrogens is 2. The predicted octanol–water partition coefficient (Wildman–Crippen LogP) is 5.53. The van der Waals surface area contributed by atoms with Crippen molar-refractivity contribution in [3.05, 3.63) is 69.7 Å². The Kier molecular flexibility index (Phi) is 6.35. The highest BCUT2D eigenvalue weighted by molar-refractivity contribution is 8.02. The normalized spacial score (nSPS) is 12.3. The van der Waals surface area contributed by atoms with E-state index >= 15 is 0 Å². The molecule has 4 rings (SSSR count). The lowest BCUT2D eigenvalue weighted by molar-refractivity contribution is -0.384. The number of nitrogens with one attached hydrogen (secondary N) is 1. The highest BCUT2D eigenvalue weighted by Gasteiger charge is 2.18. The second kappa shape index (κ2) is 9.33. The molecule has 2 heterocycles. The van der Waals surface area contributed by atoms with Gasteiger partial charge in [-0.1, -0.05) is 11.8 Å². The van der Waals surface area contributed by atoms with Gasteiger partial charge >= 0.3 is 0 Å². The van der Waals surface area contributed by atoms with E-state index in [0.717, 1.165) is 25.8 Å². The highest BCUT2D eigenvalue weighted by atomic mass is 32.2. The van der Waals surface area contributed by atoms with Crippen molar-refractivity contribution in [1.82, 2.24) is 9.97 Å². The van der Waals surface area contributed by atoms with Gasteiger partial charge in [-0.15, -0.1) is 22.7 Å². The molecule has 0 aliphatic carbocycles. The lowest BCUT2D eigenvalue weighted by Crippen LogP contribution is -2.22. The number of benzene rings is 2. The van der Waals surface area contributed by atoms with Crippen molar-refractivity contribution in [2.24, 2.45) is 4.99 Å². The van der Waals surface area contributed by atoms with Gasteiger partial charge < -0.3 is 5.32 Å². The number of thioether (sulfide) groups is 1. The topological polar surface area (TPSA) is 110 Å². The summed E-state index contributed by atoms with van der Waals surface area (Å²) in [5, 5.41) is 15.6. The Morgan fingerprint density at radius 2 is 2.10 bits per heavy atom. The van der Waals surface area contributed by atoms with Crippen molar-refractivity contribution in [2.75, 3.05) is 5.32 Å². The van der Waals surface area contributed by atoms with Gasteiger partial charge in [0, 0.05) is 29.9 Å². The SMILES string of the molecule is CC(Sc1nc2ccc(N=Cc3ccc([N+](=O)[O-])cc3)cc2s1)C(=O)Nc1nccs1. The maximum Gasteiger partial charge on any atom is 0.269 e. The smallest absolute Gasteiger partial charge is 0.269 e. The number of carbonyl (C=O) groups is 1. The predicted molar refractivity (Wildman–Crippen MR) is 126 cm³/mol. The summed E-state index contributed by atoms with van der Waals surface area (Å²) in [5.74, 6) is -0.118. The van der Waals surface area contributed by atoms with E-state index in [1.165, 1.54) is 46.6 Å². The molecular formula is C20H15N5O3S3. The zero-order valence-electron chi connectivity index (χ0n) is 16.1. The molecule has 2 aromatic carbocycles. The van der Waals surface area contributed by atoms with Gasteiger partial charge in [-0.25, -0.2) is 9.97 Å². The summed E-state index contributed by atoms with van der Waals surface area (Å²) in [6.45, 7) is 1.83. The Hall–Kier alpha value is -3.15. The van der Waals surface area contributed by atoms with Crippen LogP contribution in [-0.4, -0.2) is 32.3 Å². The second-order valence-corrected chi connectivity index (χ2v) is 9.84. The lowest BCUT2D eigenvalue weighted by Gasteiger charge is -2.07. The van der Waals surface area contributed by atoms with Crippen LogP contribution in [0.25, 0.3) is 10.2 Å². The van der Waals surface area contributed by atoms with Crippen molar-refractivity contribution < 1.29 is 9.72 Å². The minimum Gasteiger partial charge on any atom is -0.301 e. The largest absolute Gasteiger partial charge is 0.301 e. The minimum atomic E-state index is -0.433. The van der Waals surface area contributed by atoms with Crippen molar-refractivity contribution in [2.45, 2.75) is 16.5 Å². The molecule has 0 radical (unpaired) electrons. The van der Waals surface area contributed by atoms with E-state index in [1.54, 1.807) is 24.5 Å². The average molecular weight is 470 g/mol. The first-order valence-electron chi connectivity index (χ1n) is 9.04. The van der Waals surface area contributed by atoms with Gasteiger partial charge in [-0.05, 0) is 42.8 Å². The van der Waals surface area contributed by atoms with Crippen molar-refractivity contribution in [3.8, 4) is 0 Å². The fraction of sp³-hybridized carbons (Fsp3) is 0.100. The van der Waals surface area contributed by atoms with Gasteiger partial charge in [0.1, 0.15) is 0 Å². The third-order valence-corrected chi connectivity index (χ3v) is 7.03. The van der Waals surface area contributed by atoms with E-state index < -0.39 is 4.92 Å². The number of hydrogen-bond acceptors (Lipinski definition) is 9. The third-order valence-electron chi connectivity index (χ3n) is 4.13. The number of nitro groups is 1. The van der Waals surface area contributed by atoms with Crippen LogP contribution in [0.15, 0.2) is 63.4 Å². The summed E-state index contributed by atoms with van der Waals surface area (Å²) in [4.78, 5) is 35.7. The molecule has 156 valence electrons. The van der Waals surface area contributed by atoms with Crippen LogP contribution in [0.3, 0.4) is 0 Å². The molecule has 0 spiro atoms. The Morgan fingerprint density at radius 1 is 1.29 bits per heavy atom. The van der Waals surface area contributed by atoms with Crippen molar-refractivity contribution in [3.63, 3.8) is 0 Å². The Labute approximate surface area is 189 Å². The van der Waals surface area contributed by atoms with Crippen LogP contribution in [-0.2, 0) is 4.79 Å². The number of carbonyl (C=O) groups excluding carboxylic acids is 1. The van der Waals surface area contributed by atoms with E-state index in [2.05, 4.69) is 20.3 Å². The lowest BCUT2D eigenvalue weighted by atomic mass is 10.2. The molecule has 1 N–H and O–H groups in total. The summed E-state index contributed by atoms with van der Waals surface area (Å²) in [7, 11) is 0. The molecule has 0 saturated carbocycles. The van der Waals surface area contributed by atoms with Crippen LogP contribution in [0.5, 0.6) is 0 Å². The summed E-state index contributed by atoms with van der Waals surface area (Å²) in [6, 6.07) is 11.9. The zero-order chi connectivity index (χ0) is 21.8. The maximum absolute atomic E-state index is 12.3. The molecule has 1 atom stereocenters. The number of anilines is 1. The Bertz CT molecular complexity index is 1250. The number of aliphatic imine (C=N–C) groups is 1. The highest BCUT2D eigenvalue weighted by Crippen LogP contribution is 2.34. The zero-order valence-corrected chi connectivity index (χ0v) is 18.5. The molecule has 0 bridgehead atoms.